The third-order valence-electron chi connectivity index (χ3n) is 6.40. The van der Waals surface area contributed by atoms with Gasteiger partial charge < -0.3 is 14.2 Å². The molecule has 3 aromatic rings. The molecular weight excluding hydrogens is 400 g/mol. The van der Waals surface area contributed by atoms with Crippen molar-refractivity contribution in [2.24, 2.45) is 13.0 Å². The predicted octanol–water partition coefficient (Wildman–Crippen LogP) is 5.39. The summed E-state index contributed by atoms with van der Waals surface area (Å²) >= 11 is 0. The van der Waals surface area contributed by atoms with E-state index in [9.17, 15) is 9.59 Å². The molecule has 5 heteroatoms. The summed E-state index contributed by atoms with van der Waals surface area (Å²) in [5.74, 6) is 0.564. The van der Waals surface area contributed by atoms with Crippen molar-refractivity contribution in [3.8, 4) is 5.75 Å². The number of nitrogens with zero attached hydrogens (tertiary/aromatic N) is 2. The molecule has 1 atom stereocenters. The van der Waals surface area contributed by atoms with E-state index in [1.54, 1.807) is 7.11 Å². The molecule has 2 heterocycles. The highest BCUT2D eigenvalue weighted by molar-refractivity contribution is 6.18. The van der Waals surface area contributed by atoms with Gasteiger partial charge in [0, 0.05) is 37.0 Å². The van der Waals surface area contributed by atoms with E-state index in [1.165, 1.54) is 0 Å². The minimum atomic E-state index is -0.214. The standard InChI is InChI=1S/C27H30N2O3/c1-4-5-6-7-10-20-18-29(17-19-13-15-21(32-3)16-14-19)27(31)25-24(26(20)30)22-11-8-9-12-23(22)28(25)2/h4,8-9,11-16,20H,1,5-7,10,17-18H2,2-3H3. The normalized spacial score (nSPS) is 16.2. The van der Waals surface area contributed by atoms with Crippen LogP contribution in [0, 0.1) is 5.92 Å². The molecule has 0 fully saturated rings. The number of aryl methyl sites for hydroxylation is 1. The van der Waals surface area contributed by atoms with Gasteiger partial charge in [0.05, 0.1) is 12.7 Å². The maximum absolute atomic E-state index is 13.7. The Bertz CT molecular complexity index is 1140. The Morgan fingerprint density at radius 3 is 2.56 bits per heavy atom. The molecule has 2 aromatic carbocycles. The zero-order valence-corrected chi connectivity index (χ0v) is 18.8. The van der Waals surface area contributed by atoms with E-state index in [0.29, 0.717) is 24.3 Å². The largest absolute Gasteiger partial charge is 0.497 e. The third kappa shape index (κ3) is 4.07. The van der Waals surface area contributed by atoms with Crippen molar-refractivity contribution in [2.75, 3.05) is 13.7 Å². The fourth-order valence-corrected chi connectivity index (χ4v) is 4.67. The van der Waals surface area contributed by atoms with E-state index in [4.69, 9.17) is 4.74 Å². The van der Waals surface area contributed by atoms with Crippen LogP contribution in [-0.4, -0.2) is 34.8 Å². The highest BCUT2D eigenvalue weighted by Gasteiger charge is 2.37. The Balaban J connectivity index is 1.73. The molecule has 1 amide bonds. The summed E-state index contributed by atoms with van der Waals surface area (Å²) in [6.07, 6.45) is 5.56. The van der Waals surface area contributed by atoms with Gasteiger partial charge in [0.25, 0.3) is 5.91 Å². The number of hydrogen-bond donors (Lipinski definition) is 0. The van der Waals surface area contributed by atoms with Gasteiger partial charge in [0.2, 0.25) is 0 Å². The van der Waals surface area contributed by atoms with Crippen LogP contribution in [0.15, 0.2) is 61.2 Å². The van der Waals surface area contributed by atoms with Crippen LogP contribution >= 0.6 is 0 Å². The lowest BCUT2D eigenvalue weighted by molar-refractivity contribution is 0.0700. The number of allylic oxidation sites excluding steroid dienone is 1. The highest BCUT2D eigenvalue weighted by Crippen LogP contribution is 2.33. The van der Waals surface area contributed by atoms with E-state index >= 15 is 0 Å². The Morgan fingerprint density at radius 1 is 1.09 bits per heavy atom. The number of ether oxygens (including phenoxy) is 1. The van der Waals surface area contributed by atoms with E-state index in [2.05, 4.69) is 6.58 Å². The summed E-state index contributed by atoms with van der Waals surface area (Å²) in [4.78, 5) is 29.3. The van der Waals surface area contributed by atoms with Crippen LogP contribution in [-0.2, 0) is 13.6 Å². The first-order valence-electron chi connectivity index (χ1n) is 11.2. The number of Topliss-reactive ketones (excluding diaryl/α,β-unsaturated/α-hetero) is 1. The van der Waals surface area contributed by atoms with E-state index in [1.807, 2.05) is 71.1 Å². The van der Waals surface area contributed by atoms with Crippen LogP contribution < -0.4 is 4.74 Å². The molecule has 166 valence electrons. The molecule has 0 bridgehead atoms. The molecule has 1 unspecified atom stereocenters. The number of fused-ring (bicyclic) bond motifs is 3. The molecular formula is C27H30N2O3. The van der Waals surface area contributed by atoms with E-state index < -0.39 is 0 Å². The molecule has 0 N–H and O–H groups in total. The molecule has 4 rings (SSSR count). The summed E-state index contributed by atoms with van der Waals surface area (Å²) in [6, 6.07) is 15.5. The summed E-state index contributed by atoms with van der Waals surface area (Å²) < 4.78 is 7.14. The number of aromatic nitrogens is 1. The second-order valence-electron chi connectivity index (χ2n) is 8.47. The lowest BCUT2D eigenvalue weighted by atomic mass is 9.91. The van der Waals surface area contributed by atoms with Crippen molar-refractivity contribution in [1.29, 1.82) is 0 Å². The molecule has 1 aromatic heterocycles. The minimum Gasteiger partial charge on any atom is -0.497 e. The lowest BCUT2D eigenvalue weighted by Gasteiger charge is -2.25. The molecule has 1 aliphatic heterocycles. The average Bonchev–Trinajstić information content (AvgIpc) is 3.07. The lowest BCUT2D eigenvalue weighted by Crippen LogP contribution is -2.35. The van der Waals surface area contributed by atoms with Gasteiger partial charge in [0.1, 0.15) is 11.4 Å². The number of unbranched alkanes of at least 4 members (excludes halogenated alkanes) is 2. The van der Waals surface area contributed by atoms with Crippen LogP contribution in [0.3, 0.4) is 0 Å². The number of amides is 1. The molecule has 1 aliphatic rings. The van der Waals surface area contributed by atoms with Gasteiger partial charge in [-0.3, -0.25) is 9.59 Å². The van der Waals surface area contributed by atoms with Crippen LogP contribution in [0.5, 0.6) is 5.75 Å². The van der Waals surface area contributed by atoms with E-state index in [0.717, 1.165) is 47.9 Å². The van der Waals surface area contributed by atoms with Crippen molar-refractivity contribution in [3.63, 3.8) is 0 Å². The third-order valence-corrected chi connectivity index (χ3v) is 6.40. The zero-order valence-electron chi connectivity index (χ0n) is 18.8. The number of methoxy groups -OCH3 is 1. The average molecular weight is 431 g/mol. The molecule has 0 saturated heterocycles. The van der Waals surface area contributed by atoms with Gasteiger partial charge in [-0.05, 0) is 43.0 Å². The Hall–Kier alpha value is -3.34. The van der Waals surface area contributed by atoms with Crippen molar-refractivity contribution in [3.05, 3.63) is 78.0 Å². The van der Waals surface area contributed by atoms with Gasteiger partial charge in [-0.25, -0.2) is 0 Å². The van der Waals surface area contributed by atoms with Gasteiger partial charge in [0.15, 0.2) is 5.78 Å². The van der Waals surface area contributed by atoms with Crippen molar-refractivity contribution in [2.45, 2.75) is 32.2 Å². The summed E-state index contributed by atoms with van der Waals surface area (Å²) in [6.45, 7) is 4.68. The maximum Gasteiger partial charge on any atom is 0.271 e. The van der Waals surface area contributed by atoms with Crippen LogP contribution in [0.4, 0.5) is 0 Å². The predicted molar refractivity (Wildman–Crippen MR) is 127 cm³/mol. The van der Waals surface area contributed by atoms with Crippen molar-refractivity contribution >= 4 is 22.6 Å². The van der Waals surface area contributed by atoms with Crippen LogP contribution in [0.1, 0.15) is 52.1 Å². The SMILES string of the molecule is C=CCCCCC1CN(Cc2ccc(OC)cc2)C(=O)c2c(c3ccccc3n2C)C1=O. The highest BCUT2D eigenvalue weighted by atomic mass is 16.5. The Labute approximate surface area is 189 Å². The molecule has 5 nitrogen and oxygen atoms in total. The Morgan fingerprint density at radius 2 is 1.84 bits per heavy atom. The topological polar surface area (TPSA) is 51.5 Å². The first kappa shape index (κ1) is 21.9. The fourth-order valence-electron chi connectivity index (χ4n) is 4.67. The molecule has 0 aliphatic carbocycles. The number of carbonyl (C=O) groups is 2. The van der Waals surface area contributed by atoms with Crippen molar-refractivity contribution < 1.29 is 14.3 Å². The second-order valence-corrected chi connectivity index (χ2v) is 8.47. The monoisotopic (exact) mass is 430 g/mol. The van der Waals surface area contributed by atoms with Gasteiger partial charge in [-0.15, -0.1) is 6.58 Å². The quantitative estimate of drug-likeness (QED) is 0.356. The Kier molecular flexibility index (Phi) is 6.45. The van der Waals surface area contributed by atoms with Crippen LogP contribution in [0.25, 0.3) is 10.9 Å². The van der Waals surface area contributed by atoms with Gasteiger partial charge in [-0.2, -0.15) is 0 Å². The van der Waals surface area contributed by atoms with Gasteiger partial charge in [-0.1, -0.05) is 42.8 Å². The number of hydrogen-bond acceptors (Lipinski definition) is 3. The van der Waals surface area contributed by atoms with Crippen LogP contribution in [0.2, 0.25) is 0 Å². The molecule has 0 radical (unpaired) electrons. The molecule has 0 saturated carbocycles. The minimum absolute atomic E-state index is 0.0842. The molecule has 32 heavy (non-hydrogen) atoms. The number of rotatable bonds is 8. The van der Waals surface area contributed by atoms with Gasteiger partial charge >= 0.3 is 0 Å². The first-order valence-corrected chi connectivity index (χ1v) is 11.2. The summed E-state index contributed by atoms with van der Waals surface area (Å²) in [5.41, 5.74) is 3.01. The zero-order chi connectivity index (χ0) is 22.7. The first-order chi connectivity index (χ1) is 15.5. The number of benzene rings is 2. The van der Waals surface area contributed by atoms with E-state index in [-0.39, 0.29) is 17.6 Å². The summed E-state index contributed by atoms with van der Waals surface area (Å²) in [5, 5.41) is 0.866. The number of para-hydroxylation sites is 1. The molecule has 0 spiro atoms. The number of carbonyl (C=O) groups excluding carboxylic acids is 2. The van der Waals surface area contributed by atoms with Crippen molar-refractivity contribution in [1.82, 2.24) is 9.47 Å². The maximum atomic E-state index is 13.7. The number of ketones is 1. The second kappa shape index (κ2) is 9.43. The smallest absolute Gasteiger partial charge is 0.271 e. The fraction of sp³-hybridized carbons (Fsp3) is 0.333. The summed E-state index contributed by atoms with van der Waals surface area (Å²) in [7, 11) is 3.51.